The molecule has 7 heteroatoms. The first-order valence-corrected chi connectivity index (χ1v) is 14.0. The van der Waals surface area contributed by atoms with Gasteiger partial charge in [0, 0.05) is 23.8 Å². The Labute approximate surface area is 233 Å². The molecular weight excluding hydrogens is 498 g/mol. The van der Waals surface area contributed by atoms with E-state index in [-0.39, 0.29) is 11.5 Å². The summed E-state index contributed by atoms with van der Waals surface area (Å²) >= 11 is 0. The van der Waals surface area contributed by atoms with Crippen LogP contribution in [-0.4, -0.2) is 25.1 Å². The van der Waals surface area contributed by atoms with Gasteiger partial charge in [0.15, 0.2) is 5.65 Å². The van der Waals surface area contributed by atoms with Gasteiger partial charge in [-0.15, -0.1) is 0 Å². The van der Waals surface area contributed by atoms with Crippen LogP contribution < -0.4 is 10.9 Å². The van der Waals surface area contributed by atoms with E-state index in [1.165, 1.54) is 32.1 Å². The molecule has 40 heavy (non-hydrogen) atoms. The SMILES string of the molecule is Cc1nn2cccnc2c1C(=O)N[C@@H](C)c1cc2cccc(/C=C/C3CCCCC3)c2c(=O)n1-c1ccccc1. The number of allylic oxidation sites excluding steroid dienone is 1. The average Bonchev–Trinajstić information content (AvgIpc) is 3.32. The zero-order chi connectivity index (χ0) is 27.6. The van der Waals surface area contributed by atoms with Crippen LogP contribution in [0.4, 0.5) is 0 Å². The minimum absolute atomic E-state index is 0.0995. The zero-order valence-electron chi connectivity index (χ0n) is 22.9. The minimum Gasteiger partial charge on any atom is -0.344 e. The molecule has 1 aliphatic rings. The van der Waals surface area contributed by atoms with Crippen LogP contribution in [0, 0.1) is 12.8 Å². The molecule has 6 rings (SSSR count). The second-order valence-corrected chi connectivity index (χ2v) is 10.7. The van der Waals surface area contributed by atoms with Crippen molar-refractivity contribution in [3.63, 3.8) is 0 Å². The third-order valence-electron chi connectivity index (χ3n) is 7.91. The standard InChI is InChI=1S/C33H33N5O2/c1-22(35-32(39)29-23(2)36-37-20-10-19-34-31(29)37)28-21-26-14-9-13-25(18-17-24-11-5-3-6-12-24)30(26)33(40)38(28)27-15-7-4-8-16-27/h4,7-10,13-22,24H,3,5-6,11-12H2,1-2H3,(H,35,39)/b18-17+/t22-/m0/s1. The summed E-state index contributed by atoms with van der Waals surface area (Å²) < 4.78 is 3.33. The number of benzene rings is 2. The fraction of sp³-hybridized carbons (Fsp3) is 0.273. The number of hydrogen-bond donors (Lipinski definition) is 1. The summed E-state index contributed by atoms with van der Waals surface area (Å²) in [6.07, 6.45) is 14.1. The van der Waals surface area contributed by atoms with Crippen LogP contribution >= 0.6 is 0 Å². The Bertz CT molecular complexity index is 1780. The first kappa shape index (κ1) is 25.7. The number of para-hydroxylation sites is 1. The highest BCUT2D eigenvalue weighted by Crippen LogP contribution is 2.28. The number of carbonyl (C=O) groups is 1. The predicted octanol–water partition coefficient (Wildman–Crippen LogP) is 6.43. The van der Waals surface area contributed by atoms with Gasteiger partial charge in [-0.05, 0) is 67.8 Å². The monoisotopic (exact) mass is 531 g/mol. The van der Waals surface area contributed by atoms with E-state index in [9.17, 15) is 9.59 Å². The number of fused-ring (bicyclic) bond motifs is 2. The third kappa shape index (κ3) is 4.83. The summed E-state index contributed by atoms with van der Waals surface area (Å²) in [6.45, 7) is 3.70. The van der Waals surface area contributed by atoms with Crippen molar-refractivity contribution in [3.8, 4) is 5.69 Å². The number of nitrogens with zero attached hydrogens (tertiary/aromatic N) is 4. The number of nitrogens with one attached hydrogen (secondary N) is 1. The molecule has 1 atom stereocenters. The molecule has 0 bridgehead atoms. The van der Waals surface area contributed by atoms with Crippen molar-refractivity contribution in [1.29, 1.82) is 0 Å². The molecular formula is C33H33N5O2. The lowest BCUT2D eigenvalue weighted by Crippen LogP contribution is -2.32. The highest BCUT2D eigenvalue weighted by molar-refractivity contribution is 6.01. The second kappa shape index (κ2) is 10.9. The van der Waals surface area contributed by atoms with Crippen LogP contribution in [-0.2, 0) is 0 Å². The van der Waals surface area contributed by atoms with E-state index < -0.39 is 6.04 Å². The molecule has 0 spiro atoms. The van der Waals surface area contributed by atoms with Gasteiger partial charge in [0.1, 0.15) is 5.56 Å². The van der Waals surface area contributed by atoms with Gasteiger partial charge in [-0.3, -0.25) is 14.2 Å². The number of hydrogen-bond acceptors (Lipinski definition) is 4. The molecule has 1 saturated carbocycles. The normalized spacial score (nSPS) is 15.2. The highest BCUT2D eigenvalue weighted by atomic mass is 16.2. The van der Waals surface area contributed by atoms with Crippen LogP contribution in [0.2, 0.25) is 0 Å². The summed E-state index contributed by atoms with van der Waals surface area (Å²) in [7, 11) is 0. The molecule has 7 nitrogen and oxygen atoms in total. The van der Waals surface area contributed by atoms with Crippen LogP contribution in [0.5, 0.6) is 0 Å². The van der Waals surface area contributed by atoms with Crippen LogP contribution in [0.1, 0.15) is 72.4 Å². The fourth-order valence-corrected chi connectivity index (χ4v) is 5.88. The second-order valence-electron chi connectivity index (χ2n) is 10.7. The van der Waals surface area contributed by atoms with E-state index in [0.717, 1.165) is 16.6 Å². The molecule has 0 aliphatic heterocycles. The van der Waals surface area contributed by atoms with Crippen molar-refractivity contribution in [3.05, 3.63) is 112 Å². The molecule has 1 N–H and O–H groups in total. The molecule has 0 unspecified atom stereocenters. The molecule has 1 amide bonds. The van der Waals surface area contributed by atoms with Crippen molar-refractivity contribution in [2.45, 2.75) is 52.0 Å². The van der Waals surface area contributed by atoms with E-state index in [4.69, 9.17) is 0 Å². The molecule has 5 aromatic rings. The summed E-state index contributed by atoms with van der Waals surface area (Å²) in [5, 5.41) is 9.08. The van der Waals surface area contributed by atoms with Crippen molar-refractivity contribution in [2.24, 2.45) is 5.92 Å². The van der Waals surface area contributed by atoms with Gasteiger partial charge in [0.25, 0.3) is 11.5 Å². The Kier molecular flexibility index (Phi) is 7.03. The molecule has 3 aromatic heterocycles. The van der Waals surface area contributed by atoms with Crippen molar-refractivity contribution < 1.29 is 4.79 Å². The number of rotatable bonds is 6. The molecule has 1 fully saturated rings. The number of carbonyl (C=O) groups excluding carboxylic acids is 1. The van der Waals surface area contributed by atoms with Gasteiger partial charge < -0.3 is 5.32 Å². The van der Waals surface area contributed by atoms with E-state index in [1.54, 1.807) is 34.5 Å². The van der Waals surface area contributed by atoms with E-state index >= 15 is 0 Å². The zero-order valence-corrected chi connectivity index (χ0v) is 22.9. The van der Waals surface area contributed by atoms with Gasteiger partial charge in [-0.1, -0.05) is 67.8 Å². The molecule has 202 valence electrons. The van der Waals surface area contributed by atoms with Gasteiger partial charge in [-0.2, -0.15) is 5.10 Å². The summed E-state index contributed by atoms with van der Waals surface area (Å²) in [6, 6.07) is 18.9. The first-order chi connectivity index (χ1) is 19.5. The molecule has 3 heterocycles. The Morgan fingerprint density at radius 1 is 1.05 bits per heavy atom. The van der Waals surface area contributed by atoms with Gasteiger partial charge in [0.2, 0.25) is 0 Å². The van der Waals surface area contributed by atoms with E-state index in [1.807, 2.05) is 61.5 Å². The van der Waals surface area contributed by atoms with Crippen LogP contribution in [0.3, 0.4) is 0 Å². The minimum atomic E-state index is -0.468. The van der Waals surface area contributed by atoms with Crippen molar-refractivity contribution in [1.82, 2.24) is 24.5 Å². The number of pyridine rings is 1. The van der Waals surface area contributed by atoms with E-state index in [0.29, 0.717) is 33.9 Å². The smallest absolute Gasteiger partial charge is 0.263 e. The Hall–Kier alpha value is -4.52. The molecule has 1 aliphatic carbocycles. The van der Waals surface area contributed by atoms with Gasteiger partial charge in [0.05, 0.1) is 17.1 Å². The van der Waals surface area contributed by atoms with Crippen molar-refractivity contribution >= 4 is 28.4 Å². The largest absolute Gasteiger partial charge is 0.344 e. The van der Waals surface area contributed by atoms with E-state index in [2.05, 4.69) is 27.6 Å². The number of aryl methyl sites for hydroxylation is 1. The van der Waals surface area contributed by atoms with Gasteiger partial charge in [-0.25, -0.2) is 9.50 Å². The number of amides is 1. The summed E-state index contributed by atoms with van der Waals surface area (Å²) in [4.78, 5) is 32.1. The highest BCUT2D eigenvalue weighted by Gasteiger charge is 2.23. The van der Waals surface area contributed by atoms with Crippen LogP contribution in [0.15, 0.2) is 83.9 Å². The van der Waals surface area contributed by atoms with Crippen LogP contribution in [0.25, 0.3) is 28.2 Å². The van der Waals surface area contributed by atoms with Gasteiger partial charge >= 0.3 is 0 Å². The average molecular weight is 532 g/mol. The predicted molar refractivity (Wildman–Crippen MR) is 159 cm³/mol. The maximum absolute atomic E-state index is 14.3. The quantitative estimate of drug-likeness (QED) is 0.274. The lowest BCUT2D eigenvalue weighted by molar-refractivity contribution is 0.0939. The molecule has 0 radical (unpaired) electrons. The fourth-order valence-electron chi connectivity index (χ4n) is 5.88. The third-order valence-corrected chi connectivity index (χ3v) is 7.91. The summed E-state index contributed by atoms with van der Waals surface area (Å²) in [5.74, 6) is 0.280. The van der Waals surface area contributed by atoms with Crippen molar-refractivity contribution in [2.75, 3.05) is 0 Å². The maximum Gasteiger partial charge on any atom is 0.263 e. The Morgan fingerprint density at radius 3 is 2.65 bits per heavy atom. The lowest BCUT2D eigenvalue weighted by atomic mass is 9.88. The lowest BCUT2D eigenvalue weighted by Gasteiger charge is -2.21. The summed E-state index contributed by atoms with van der Waals surface area (Å²) in [5.41, 5.74) is 3.80. The first-order valence-electron chi connectivity index (χ1n) is 14.0. The molecule has 2 aromatic carbocycles. The Balaban J connectivity index is 1.44. The Morgan fingerprint density at radius 2 is 1.85 bits per heavy atom. The molecule has 0 saturated heterocycles. The topological polar surface area (TPSA) is 81.3 Å². The maximum atomic E-state index is 14.3. The number of aromatic nitrogens is 4.